The molecule has 0 saturated heterocycles. The van der Waals surface area contributed by atoms with Gasteiger partial charge in [-0.15, -0.1) is 0 Å². The first-order valence-electron chi connectivity index (χ1n) is 18.9. The number of hydrogen-bond acceptors (Lipinski definition) is 3. The van der Waals surface area contributed by atoms with Crippen LogP contribution in [0.1, 0.15) is 0 Å². The Morgan fingerprint density at radius 3 is 1.25 bits per heavy atom. The van der Waals surface area contributed by atoms with Crippen LogP contribution in [0.4, 0.5) is 0 Å². The zero-order valence-electron chi connectivity index (χ0n) is 30.3. The Labute approximate surface area is 323 Å². The van der Waals surface area contributed by atoms with Gasteiger partial charge in [-0.2, -0.15) is 0 Å². The van der Waals surface area contributed by atoms with Crippen LogP contribution in [0.3, 0.4) is 0 Å². The van der Waals surface area contributed by atoms with E-state index in [-0.39, 0.29) is 0 Å². The molecule has 0 unspecified atom stereocenters. The molecule has 0 radical (unpaired) electrons. The fourth-order valence-electron chi connectivity index (χ4n) is 8.21. The fraction of sp³-hybridized carbons (Fsp3) is 0. The minimum atomic E-state index is 0.616. The largest absolute Gasteiger partial charge is 0.309 e. The van der Waals surface area contributed by atoms with E-state index in [0.29, 0.717) is 17.5 Å². The second-order valence-corrected chi connectivity index (χ2v) is 14.1. The van der Waals surface area contributed by atoms with E-state index in [1.54, 1.807) is 0 Å². The highest BCUT2D eigenvalue weighted by molar-refractivity contribution is 6.12. The van der Waals surface area contributed by atoms with Gasteiger partial charge < -0.3 is 9.13 Å². The molecule has 0 spiro atoms. The normalized spacial score (nSPS) is 11.6. The lowest BCUT2D eigenvalue weighted by Gasteiger charge is -2.17. The Bertz CT molecular complexity index is 3120. The van der Waals surface area contributed by atoms with E-state index in [0.717, 1.165) is 50.2 Å². The summed E-state index contributed by atoms with van der Waals surface area (Å²) in [4.78, 5) is 15.2. The van der Waals surface area contributed by atoms with Crippen LogP contribution in [0.15, 0.2) is 200 Å². The van der Waals surface area contributed by atoms with Crippen LogP contribution in [-0.2, 0) is 0 Å². The molecule has 0 aliphatic heterocycles. The molecule has 0 fully saturated rings. The summed E-state index contributed by atoms with van der Waals surface area (Å²) < 4.78 is 4.81. The number of fused-ring (bicyclic) bond motifs is 6. The first-order chi connectivity index (χ1) is 27.8. The van der Waals surface area contributed by atoms with E-state index in [1.165, 1.54) is 32.6 Å². The van der Waals surface area contributed by atoms with Gasteiger partial charge in [-0.05, 0) is 42.0 Å². The summed E-state index contributed by atoms with van der Waals surface area (Å²) in [6, 6.07) is 70.5. The molecule has 56 heavy (non-hydrogen) atoms. The van der Waals surface area contributed by atoms with Gasteiger partial charge in [-0.25, -0.2) is 15.0 Å². The van der Waals surface area contributed by atoms with Crippen molar-refractivity contribution in [1.29, 1.82) is 0 Å². The molecule has 0 amide bonds. The van der Waals surface area contributed by atoms with Crippen molar-refractivity contribution < 1.29 is 0 Å². The smallest absolute Gasteiger partial charge is 0.164 e. The molecule has 0 saturated carbocycles. The Balaban J connectivity index is 1.19. The Hall–Kier alpha value is -7.63. The van der Waals surface area contributed by atoms with Crippen molar-refractivity contribution in [3.05, 3.63) is 200 Å². The average Bonchev–Trinajstić information content (AvgIpc) is 3.79. The van der Waals surface area contributed by atoms with Gasteiger partial charge in [0.25, 0.3) is 0 Å². The lowest BCUT2D eigenvalue weighted by molar-refractivity contribution is 1.07. The monoisotopic (exact) mass is 715 g/mol. The van der Waals surface area contributed by atoms with Crippen LogP contribution in [0, 0.1) is 0 Å². The van der Waals surface area contributed by atoms with E-state index >= 15 is 0 Å². The third-order valence-electron chi connectivity index (χ3n) is 10.8. The van der Waals surface area contributed by atoms with Crippen LogP contribution >= 0.6 is 0 Å². The standard InChI is InChI=1S/C51H33N5/c1-4-16-34(17-5-1)39-30-28-37(51-53-49(35-18-6-2-7-19-35)52-50(54-51)36-20-8-3-9-21-36)32-47(39)56-46-27-15-12-24-42(46)43-31-29-38(33-48(43)56)55-44-25-13-10-22-40(44)41-23-11-14-26-45(41)55/h1-33H. The number of hydrogen-bond donors (Lipinski definition) is 0. The number of nitrogens with zero attached hydrogens (tertiary/aromatic N) is 5. The molecule has 3 aromatic heterocycles. The van der Waals surface area contributed by atoms with Crippen molar-refractivity contribution >= 4 is 43.6 Å². The number of aromatic nitrogens is 5. The summed E-state index contributed by atoms with van der Waals surface area (Å²) in [5.74, 6) is 1.89. The van der Waals surface area contributed by atoms with Gasteiger partial charge in [0.15, 0.2) is 17.5 Å². The van der Waals surface area contributed by atoms with E-state index in [1.807, 2.05) is 60.7 Å². The van der Waals surface area contributed by atoms with E-state index < -0.39 is 0 Å². The lowest BCUT2D eigenvalue weighted by Crippen LogP contribution is -2.02. The third kappa shape index (κ3) is 5.21. The molecule has 5 nitrogen and oxygen atoms in total. The highest BCUT2D eigenvalue weighted by Crippen LogP contribution is 2.40. The second-order valence-electron chi connectivity index (χ2n) is 14.1. The van der Waals surface area contributed by atoms with Crippen molar-refractivity contribution in [3.8, 4) is 56.7 Å². The van der Waals surface area contributed by atoms with Gasteiger partial charge in [0, 0.05) is 49.5 Å². The van der Waals surface area contributed by atoms with E-state index in [2.05, 4.69) is 149 Å². The summed E-state index contributed by atoms with van der Waals surface area (Å²) in [5, 5.41) is 4.86. The molecule has 5 heteroatoms. The van der Waals surface area contributed by atoms with Gasteiger partial charge in [0.2, 0.25) is 0 Å². The summed E-state index contributed by atoms with van der Waals surface area (Å²) in [6.45, 7) is 0. The van der Waals surface area contributed by atoms with Gasteiger partial charge in [-0.1, -0.05) is 164 Å². The van der Waals surface area contributed by atoms with Gasteiger partial charge >= 0.3 is 0 Å². The molecule has 0 aliphatic carbocycles. The first-order valence-corrected chi connectivity index (χ1v) is 18.9. The molecular formula is C51H33N5. The van der Waals surface area contributed by atoms with Crippen molar-refractivity contribution in [2.24, 2.45) is 0 Å². The van der Waals surface area contributed by atoms with Gasteiger partial charge in [0.05, 0.1) is 27.8 Å². The quantitative estimate of drug-likeness (QED) is 0.172. The predicted octanol–water partition coefficient (Wildman–Crippen LogP) is 12.7. The van der Waals surface area contributed by atoms with E-state index in [9.17, 15) is 0 Å². The molecule has 11 rings (SSSR count). The number of benzene rings is 8. The fourth-order valence-corrected chi connectivity index (χ4v) is 8.21. The molecule has 0 N–H and O–H groups in total. The average molecular weight is 716 g/mol. The predicted molar refractivity (Wildman–Crippen MR) is 230 cm³/mol. The number of rotatable bonds is 6. The van der Waals surface area contributed by atoms with Gasteiger partial charge in [-0.3, -0.25) is 0 Å². The Morgan fingerprint density at radius 2 is 0.714 bits per heavy atom. The maximum absolute atomic E-state index is 5.12. The zero-order valence-corrected chi connectivity index (χ0v) is 30.3. The first kappa shape index (κ1) is 31.9. The van der Waals surface area contributed by atoms with Crippen molar-refractivity contribution in [1.82, 2.24) is 24.1 Å². The van der Waals surface area contributed by atoms with Crippen LogP contribution in [-0.4, -0.2) is 24.1 Å². The Kier molecular flexibility index (Phi) is 7.42. The highest BCUT2D eigenvalue weighted by Gasteiger charge is 2.20. The van der Waals surface area contributed by atoms with E-state index in [4.69, 9.17) is 15.0 Å². The molecule has 262 valence electrons. The summed E-state index contributed by atoms with van der Waals surface area (Å²) in [6.07, 6.45) is 0. The van der Waals surface area contributed by atoms with Crippen LogP contribution in [0.2, 0.25) is 0 Å². The zero-order chi connectivity index (χ0) is 37.0. The minimum absolute atomic E-state index is 0.616. The number of para-hydroxylation sites is 3. The summed E-state index contributed by atoms with van der Waals surface area (Å²) in [5.41, 5.74) is 11.8. The second kappa shape index (κ2) is 13.0. The minimum Gasteiger partial charge on any atom is -0.309 e. The molecular weight excluding hydrogens is 683 g/mol. The van der Waals surface area contributed by atoms with Gasteiger partial charge in [0.1, 0.15) is 0 Å². The highest BCUT2D eigenvalue weighted by atomic mass is 15.0. The van der Waals surface area contributed by atoms with Crippen molar-refractivity contribution in [3.63, 3.8) is 0 Å². The maximum Gasteiger partial charge on any atom is 0.164 e. The van der Waals surface area contributed by atoms with Crippen LogP contribution in [0.25, 0.3) is 100 Å². The summed E-state index contributed by atoms with van der Waals surface area (Å²) in [7, 11) is 0. The maximum atomic E-state index is 5.12. The van der Waals surface area contributed by atoms with Crippen molar-refractivity contribution in [2.75, 3.05) is 0 Å². The molecule has 0 atom stereocenters. The third-order valence-corrected chi connectivity index (χ3v) is 10.8. The molecule has 0 bridgehead atoms. The molecule has 8 aromatic carbocycles. The summed E-state index contributed by atoms with van der Waals surface area (Å²) >= 11 is 0. The topological polar surface area (TPSA) is 48.5 Å². The van der Waals surface area contributed by atoms with Crippen LogP contribution in [0.5, 0.6) is 0 Å². The molecule has 11 aromatic rings. The van der Waals surface area contributed by atoms with Crippen LogP contribution < -0.4 is 0 Å². The molecule has 0 aliphatic rings. The molecule has 3 heterocycles. The Morgan fingerprint density at radius 1 is 0.286 bits per heavy atom. The van der Waals surface area contributed by atoms with Crippen molar-refractivity contribution in [2.45, 2.75) is 0 Å². The SMILES string of the molecule is c1ccc(-c2nc(-c3ccccc3)nc(-c3ccc(-c4ccccc4)c(-n4c5ccccc5c5ccc(-n6c7ccccc7c7ccccc76)cc54)c3)n2)cc1. The lowest BCUT2D eigenvalue weighted by atomic mass is 10.0.